The molecule has 1 amide bonds. The number of aromatic nitrogens is 2. The van der Waals surface area contributed by atoms with Gasteiger partial charge >= 0.3 is 6.18 Å². The lowest BCUT2D eigenvalue weighted by molar-refractivity contribution is -0.140. The number of fused-ring (bicyclic) bond motifs is 1. The summed E-state index contributed by atoms with van der Waals surface area (Å²) in [7, 11) is 2.93. The molecular formula is C39H41ClF3N5O5. The van der Waals surface area contributed by atoms with Crippen LogP contribution in [0.4, 0.5) is 13.2 Å². The van der Waals surface area contributed by atoms with Gasteiger partial charge in [0.2, 0.25) is 23.5 Å². The highest BCUT2D eigenvalue weighted by atomic mass is 35.5. The molecule has 0 unspecified atom stereocenters. The van der Waals surface area contributed by atoms with Crippen LogP contribution in [0.1, 0.15) is 60.1 Å². The van der Waals surface area contributed by atoms with Crippen LogP contribution in [0.25, 0.3) is 22.4 Å². The van der Waals surface area contributed by atoms with Crippen molar-refractivity contribution in [2.75, 3.05) is 33.9 Å². The third kappa shape index (κ3) is 7.80. The van der Waals surface area contributed by atoms with E-state index >= 15 is 0 Å². The molecule has 2 saturated heterocycles. The Balaban J connectivity index is 1.13. The van der Waals surface area contributed by atoms with Crippen molar-refractivity contribution in [2.24, 2.45) is 0 Å². The van der Waals surface area contributed by atoms with Crippen LogP contribution in [0.2, 0.25) is 5.02 Å². The topological polar surface area (TPSA) is 118 Å². The molecule has 2 fully saturated rings. The maximum atomic E-state index is 14.4. The van der Waals surface area contributed by atoms with Crippen molar-refractivity contribution in [3.63, 3.8) is 0 Å². The number of benzene rings is 2. The molecule has 2 aliphatic heterocycles. The number of likely N-dealkylation sites (tertiary alicyclic amines) is 1. The second kappa shape index (κ2) is 14.8. The summed E-state index contributed by atoms with van der Waals surface area (Å²) in [4.78, 5) is 22.4. The monoisotopic (exact) mass is 751 g/mol. The largest absolute Gasteiger partial charge is 0.481 e. The highest BCUT2D eigenvalue weighted by Crippen LogP contribution is 2.46. The molecule has 14 heteroatoms. The lowest BCUT2D eigenvalue weighted by Crippen LogP contribution is -2.59. The van der Waals surface area contributed by atoms with Gasteiger partial charge in [0.1, 0.15) is 11.7 Å². The van der Waals surface area contributed by atoms with Crippen LogP contribution in [-0.2, 0) is 30.5 Å². The van der Waals surface area contributed by atoms with Gasteiger partial charge < -0.3 is 30.0 Å². The number of methoxy groups -OCH3 is 2. The molecule has 0 saturated carbocycles. The number of ether oxygens (including phenoxy) is 3. The quantitative estimate of drug-likeness (QED) is 0.149. The summed E-state index contributed by atoms with van der Waals surface area (Å²) in [6, 6.07) is 16.3. The van der Waals surface area contributed by atoms with Crippen molar-refractivity contribution in [2.45, 2.75) is 69.6 Å². The van der Waals surface area contributed by atoms with Crippen molar-refractivity contribution in [3.8, 4) is 40.0 Å². The average molecular weight is 752 g/mol. The fourth-order valence-corrected chi connectivity index (χ4v) is 7.90. The van der Waals surface area contributed by atoms with E-state index in [1.165, 1.54) is 7.11 Å². The van der Waals surface area contributed by atoms with Crippen LogP contribution in [0.15, 0.2) is 54.6 Å². The Morgan fingerprint density at radius 2 is 1.68 bits per heavy atom. The van der Waals surface area contributed by atoms with Gasteiger partial charge in [-0.05, 0) is 55.0 Å². The normalized spacial score (nSPS) is 19.4. The molecular weight excluding hydrogens is 711 g/mol. The van der Waals surface area contributed by atoms with E-state index in [9.17, 15) is 23.1 Å². The fraction of sp³-hybridized carbons (Fsp3) is 0.410. The number of aliphatic hydroxyl groups is 1. The minimum Gasteiger partial charge on any atom is -0.481 e. The van der Waals surface area contributed by atoms with Gasteiger partial charge in [-0.3, -0.25) is 9.69 Å². The summed E-state index contributed by atoms with van der Waals surface area (Å²) in [6.07, 6.45) is -3.06. The smallest absolute Gasteiger partial charge is 0.421 e. The number of alkyl halides is 3. The highest BCUT2D eigenvalue weighted by Gasteiger charge is 2.41. The van der Waals surface area contributed by atoms with Gasteiger partial charge in [-0.2, -0.15) is 18.2 Å². The van der Waals surface area contributed by atoms with E-state index in [2.05, 4.69) is 15.6 Å². The molecule has 10 nitrogen and oxygen atoms in total. The van der Waals surface area contributed by atoms with Crippen molar-refractivity contribution < 1.29 is 37.3 Å². The first-order valence-electron chi connectivity index (χ1n) is 17.5. The van der Waals surface area contributed by atoms with Gasteiger partial charge in [0.05, 0.1) is 30.5 Å². The SMILES string of the molecule is COc1nc(-c2cccc(-c3cccc4c3CC[C@@H]4Oc3nc(OC)c(CN4CC(C)(O)C4)cc3C(F)(F)F)c2Cl)ccc1CNC[C@@H]1CCC(=O)N1. The number of pyridine rings is 2. The highest BCUT2D eigenvalue weighted by molar-refractivity contribution is 6.36. The first-order valence-corrected chi connectivity index (χ1v) is 17.9. The Bertz CT molecular complexity index is 2020. The molecule has 3 aliphatic rings. The molecule has 280 valence electrons. The standard InChI is InChI=1S/C39H41ClF3N5O5/c1-38(50)20-48(21-38)19-23-16-30(39(41,42)43)37(47-36(23)52-3)53-32-14-12-26-25(6-4-7-27(26)32)28-8-5-9-29(34(28)40)31-13-10-22(35(46-31)51-2)17-44-18-24-11-15-33(49)45-24/h4-10,13,16,24,32,44,50H,11-12,14-15,17-21H2,1-3H3,(H,45,49)/t24-,32-/m0/s1. The molecule has 4 heterocycles. The zero-order chi connectivity index (χ0) is 37.5. The predicted molar refractivity (Wildman–Crippen MR) is 193 cm³/mol. The third-order valence-corrected chi connectivity index (χ3v) is 10.4. The minimum atomic E-state index is -4.72. The van der Waals surface area contributed by atoms with Crippen molar-refractivity contribution in [3.05, 3.63) is 87.4 Å². The Kier molecular flexibility index (Phi) is 10.3. The zero-order valence-electron chi connectivity index (χ0n) is 29.6. The molecule has 3 N–H and O–H groups in total. The predicted octanol–water partition coefficient (Wildman–Crippen LogP) is 6.50. The Labute approximate surface area is 310 Å². The number of hydrogen-bond donors (Lipinski definition) is 3. The number of β-amino-alcohol motifs (C(OH)–C–C–N with tert-alkyl or cyclic N) is 1. The number of nitrogens with one attached hydrogen (secondary N) is 2. The Morgan fingerprint density at radius 3 is 2.38 bits per heavy atom. The molecule has 53 heavy (non-hydrogen) atoms. The molecule has 0 bridgehead atoms. The van der Waals surface area contributed by atoms with Crippen LogP contribution >= 0.6 is 11.6 Å². The maximum Gasteiger partial charge on any atom is 0.421 e. The van der Waals surface area contributed by atoms with Crippen molar-refractivity contribution in [1.29, 1.82) is 0 Å². The van der Waals surface area contributed by atoms with E-state index in [0.717, 1.165) is 40.3 Å². The number of hydrogen-bond acceptors (Lipinski definition) is 9. The maximum absolute atomic E-state index is 14.4. The number of carbonyl (C=O) groups excluding carboxylic acids is 1. The summed E-state index contributed by atoms with van der Waals surface area (Å²) in [5, 5.41) is 16.9. The molecule has 2 aromatic heterocycles. The van der Waals surface area contributed by atoms with Crippen LogP contribution in [0, 0.1) is 0 Å². The van der Waals surface area contributed by atoms with Crippen LogP contribution in [0.3, 0.4) is 0 Å². The molecule has 1 aliphatic carbocycles. The molecule has 0 spiro atoms. The summed E-state index contributed by atoms with van der Waals surface area (Å²) in [5.74, 6) is 0.0327. The number of carbonyl (C=O) groups is 1. The first kappa shape index (κ1) is 36.9. The van der Waals surface area contributed by atoms with E-state index in [0.29, 0.717) is 67.6 Å². The Morgan fingerprint density at radius 1 is 0.962 bits per heavy atom. The number of amides is 1. The van der Waals surface area contributed by atoms with Crippen LogP contribution in [0.5, 0.6) is 17.6 Å². The van der Waals surface area contributed by atoms with E-state index in [-0.39, 0.29) is 29.9 Å². The summed E-state index contributed by atoms with van der Waals surface area (Å²) < 4.78 is 60.5. The van der Waals surface area contributed by atoms with Crippen molar-refractivity contribution >= 4 is 17.5 Å². The second-order valence-electron chi connectivity index (χ2n) is 14.1. The van der Waals surface area contributed by atoms with Gasteiger partial charge in [-0.25, -0.2) is 4.98 Å². The fourth-order valence-electron chi connectivity index (χ4n) is 7.58. The molecule has 4 aromatic rings. The second-order valence-corrected chi connectivity index (χ2v) is 14.5. The van der Waals surface area contributed by atoms with Gasteiger partial charge in [-0.1, -0.05) is 54.1 Å². The summed E-state index contributed by atoms with van der Waals surface area (Å²) in [5.41, 5.74) is 3.91. The first-order chi connectivity index (χ1) is 25.3. The van der Waals surface area contributed by atoms with E-state index < -0.39 is 29.3 Å². The Hall–Kier alpha value is -4.43. The van der Waals surface area contributed by atoms with Gasteiger partial charge in [0.25, 0.3) is 0 Å². The van der Waals surface area contributed by atoms with E-state index in [1.54, 1.807) is 14.0 Å². The number of nitrogens with zero attached hydrogens (tertiary/aromatic N) is 3. The van der Waals surface area contributed by atoms with Crippen LogP contribution in [-0.4, -0.2) is 71.4 Å². The number of halogens is 4. The third-order valence-electron chi connectivity index (χ3n) is 10.0. The van der Waals surface area contributed by atoms with Gasteiger partial charge in [0.15, 0.2) is 0 Å². The average Bonchev–Trinajstić information content (AvgIpc) is 3.73. The zero-order valence-corrected chi connectivity index (χ0v) is 30.4. The molecule has 7 rings (SSSR count). The van der Waals surface area contributed by atoms with Gasteiger partial charge in [-0.15, -0.1) is 0 Å². The lowest BCUT2D eigenvalue weighted by Gasteiger charge is -2.44. The van der Waals surface area contributed by atoms with Crippen LogP contribution < -0.4 is 24.8 Å². The van der Waals surface area contributed by atoms with E-state index in [4.69, 9.17) is 30.8 Å². The molecule has 0 radical (unpaired) electrons. The number of rotatable bonds is 12. The summed E-state index contributed by atoms with van der Waals surface area (Å²) in [6.45, 7) is 3.66. The van der Waals surface area contributed by atoms with Gasteiger partial charge in [0, 0.05) is 67.4 Å². The van der Waals surface area contributed by atoms with Crippen molar-refractivity contribution in [1.82, 2.24) is 25.5 Å². The molecule has 2 aromatic carbocycles. The minimum absolute atomic E-state index is 0.0451. The van der Waals surface area contributed by atoms with E-state index in [1.807, 2.05) is 53.4 Å². The summed E-state index contributed by atoms with van der Waals surface area (Å²) >= 11 is 7.11. The lowest BCUT2D eigenvalue weighted by atomic mass is 9.94. The molecule has 2 atom stereocenters.